The molecule has 2 heterocycles. The number of ketones is 1. The molecule has 2 aromatic heterocycles. The number of thiophene rings is 1. The first-order valence-corrected chi connectivity index (χ1v) is 8.85. The number of aromatic nitrogens is 2. The fourth-order valence-corrected chi connectivity index (χ4v) is 4.04. The molecule has 1 aromatic carbocycles. The van der Waals surface area contributed by atoms with Gasteiger partial charge in [0, 0.05) is 10.9 Å². The topological polar surface area (TPSA) is 42.9 Å². The SMILES string of the molecule is CC(=O)CSc1ncnc2scc(-c3ccc(C)c(C)c3)c12. The second kappa shape index (κ2) is 6.18. The standard InChI is InChI=1S/C17H16N2OS2/c1-10-4-5-13(6-11(10)2)14-8-22-17-15(14)16(18-9-19-17)21-7-12(3)20/h4-6,8-9H,7H2,1-3H3. The molecule has 5 heteroatoms. The van der Waals surface area contributed by atoms with E-state index in [1.807, 2.05) is 0 Å². The van der Waals surface area contributed by atoms with Gasteiger partial charge in [-0.25, -0.2) is 9.97 Å². The highest BCUT2D eigenvalue weighted by atomic mass is 32.2. The van der Waals surface area contributed by atoms with Crippen LogP contribution in [0.3, 0.4) is 0 Å². The summed E-state index contributed by atoms with van der Waals surface area (Å²) in [5, 5.41) is 4.07. The minimum atomic E-state index is 0.153. The minimum absolute atomic E-state index is 0.153. The Labute approximate surface area is 137 Å². The molecule has 0 aliphatic carbocycles. The molecule has 3 nitrogen and oxygen atoms in total. The zero-order chi connectivity index (χ0) is 15.7. The molecule has 0 atom stereocenters. The lowest BCUT2D eigenvalue weighted by molar-refractivity contribution is -0.114. The molecule has 3 aromatic rings. The van der Waals surface area contributed by atoms with Crippen LogP contribution in [0.1, 0.15) is 18.1 Å². The van der Waals surface area contributed by atoms with E-state index in [-0.39, 0.29) is 5.78 Å². The Balaban J connectivity index is 2.13. The Hall–Kier alpha value is -1.72. The molecule has 0 saturated carbocycles. The van der Waals surface area contributed by atoms with Crippen molar-refractivity contribution in [2.24, 2.45) is 0 Å². The first-order valence-electron chi connectivity index (χ1n) is 6.98. The second-order valence-corrected chi connectivity index (χ2v) is 7.12. The third-order valence-corrected chi connectivity index (χ3v) is 5.59. The lowest BCUT2D eigenvalue weighted by atomic mass is 10.0. The molecule has 22 heavy (non-hydrogen) atoms. The number of benzene rings is 1. The number of carbonyl (C=O) groups excluding carboxylic acids is 1. The Morgan fingerprint density at radius 3 is 2.77 bits per heavy atom. The molecule has 0 spiro atoms. The maximum absolute atomic E-state index is 11.3. The summed E-state index contributed by atoms with van der Waals surface area (Å²) in [5.41, 5.74) is 4.88. The molecule has 0 radical (unpaired) electrons. The Morgan fingerprint density at radius 2 is 2.05 bits per heavy atom. The van der Waals surface area contributed by atoms with Crippen LogP contribution < -0.4 is 0 Å². The first-order chi connectivity index (χ1) is 10.6. The molecular weight excluding hydrogens is 312 g/mol. The summed E-state index contributed by atoms with van der Waals surface area (Å²) in [7, 11) is 0. The fraction of sp³-hybridized carbons (Fsp3) is 0.235. The summed E-state index contributed by atoms with van der Waals surface area (Å²) in [4.78, 5) is 21.0. The quantitative estimate of drug-likeness (QED) is 0.516. The van der Waals surface area contributed by atoms with Crippen LogP contribution in [0.4, 0.5) is 0 Å². The normalized spacial score (nSPS) is 11.0. The number of thioether (sulfide) groups is 1. The maximum Gasteiger partial charge on any atom is 0.140 e. The summed E-state index contributed by atoms with van der Waals surface area (Å²) < 4.78 is 0. The van der Waals surface area contributed by atoms with Gasteiger partial charge in [0.25, 0.3) is 0 Å². The molecule has 0 unspecified atom stereocenters. The summed E-state index contributed by atoms with van der Waals surface area (Å²) >= 11 is 3.10. The fourth-order valence-electron chi connectivity index (χ4n) is 2.25. The molecular formula is C17H16N2OS2. The first kappa shape index (κ1) is 15.2. The van der Waals surface area contributed by atoms with Crippen LogP contribution in [0, 0.1) is 13.8 Å². The Kier molecular flexibility index (Phi) is 4.27. The highest BCUT2D eigenvalue weighted by Gasteiger charge is 2.14. The van der Waals surface area contributed by atoms with Crippen LogP contribution in [-0.2, 0) is 4.79 Å². The lowest BCUT2D eigenvalue weighted by Crippen LogP contribution is -1.95. The predicted octanol–water partition coefficient (Wildman–Crippen LogP) is 4.66. The summed E-state index contributed by atoms with van der Waals surface area (Å²) in [6.07, 6.45) is 1.57. The number of aryl methyl sites for hydroxylation is 2. The number of nitrogens with zero attached hydrogens (tertiary/aromatic N) is 2. The van der Waals surface area contributed by atoms with Crippen molar-refractivity contribution in [3.05, 3.63) is 41.0 Å². The van der Waals surface area contributed by atoms with Gasteiger partial charge in [0.2, 0.25) is 0 Å². The number of hydrogen-bond acceptors (Lipinski definition) is 5. The minimum Gasteiger partial charge on any atom is -0.299 e. The average Bonchev–Trinajstić information content (AvgIpc) is 2.92. The molecule has 0 amide bonds. The van der Waals surface area contributed by atoms with Crippen molar-refractivity contribution < 1.29 is 4.79 Å². The van der Waals surface area contributed by atoms with Gasteiger partial charge in [-0.1, -0.05) is 30.0 Å². The van der Waals surface area contributed by atoms with Crippen molar-refractivity contribution >= 4 is 39.1 Å². The molecule has 112 valence electrons. The van der Waals surface area contributed by atoms with Crippen LogP contribution in [-0.4, -0.2) is 21.5 Å². The van der Waals surface area contributed by atoms with E-state index in [9.17, 15) is 4.79 Å². The Morgan fingerprint density at radius 1 is 1.23 bits per heavy atom. The van der Waals surface area contributed by atoms with Crippen LogP contribution in [0.15, 0.2) is 34.9 Å². The number of Topliss-reactive ketones (excluding diaryl/α,β-unsaturated/α-hetero) is 1. The van der Waals surface area contributed by atoms with E-state index in [0.29, 0.717) is 5.75 Å². The van der Waals surface area contributed by atoms with Gasteiger partial charge in [-0.3, -0.25) is 4.79 Å². The van der Waals surface area contributed by atoms with Gasteiger partial charge in [0.1, 0.15) is 22.0 Å². The third kappa shape index (κ3) is 2.91. The van der Waals surface area contributed by atoms with Crippen LogP contribution in [0.2, 0.25) is 0 Å². The van der Waals surface area contributed by atoms with E-state index in [0.717, 1.165) is 20.8 Å². The molecule has 0 saturated heterocycles. The highest BCUT2D eigenvalue weighted by molar-refractivity contribution is 8.00. The number of carbonyl (C=O) groups is 1. The molecule has 0 aliphatic heterocycles. The van der Waals surface area contributed by atoms with Crippen molar-refractivity contribution in [1.29, 1.82) is 0 Å². The predicted molar refractivity (Wildman–Crippen MR) is 93.7 cm³/mol. The number of rotatable bonds is 4. The van der Waals surface area contributed by atoms with E-state index in [2.05, 4.69) is 47.4 Å². The van der Waals surface area contributed by atoms with E-state index in [1.54, 1.807) is 24.6 Å². The van der Waals surface area contributed by atoms with E-state index in [1.165, 1.54) is 28.5 Å². The van der Waals surface area contributed by atoms with Crippen molar-refractivity contribution in [3.63, 3.8) is 0 Å². The van der Waals surface area contributed by atoms with Crippen molar-refractivity contribution in [2.45, 2.75) is 25.8 Å². The van der Waals surface area contributed by atoms with Gasteiger partial charge in [-0.05, 0) is 37.5 Å². The molecule has 0 N–H and O–H groups in total. The maximum atomic E-state index is 11.3. The zero-order valence-corrected chi connectivity index (χ0v) is 14.3. The van der Waals surface area contributed by atoms with Crippen LogP contribution >= 0.6 is 23.1 Å². The van der Waals surface area contributed by atoms with E-state index in [4.69, 9.17) is 0 Å². The molecule has 0 aliphatic rings. The lowest BCUT2D eigenvalue weighted by Gasteiger charge is -2.06. The largest absolute Gasteiger partial charge is 0.299 e. The molecule has 0 bridgehead atoms. The van der Waals surface area contributed by atoms with Gasteiger partial charge in [0.05, 0.1) is 11.1 Å². The zero-order valence-electron chi connectivity index (χ0n) is 12.7. The number of fused-ring (bicyclic) bond motifs is 1. The van der Waals surface area contributed by atoms with Gasteiger partial charge in [-0.2, -0.15) is 0 Å². The van der Waals surface area contributed by atoms with Gasteiger partial charge < -0.3 is 0 Å². The smallest absolute Gasteiger partial charge is 0.140 e. The summed E-state index contributed by atoms with van der Waals surface area (Å²) in [6.45, 7) is 5.83. The third-order valence-electron chi connectivity index (χ3n) is 3.57. The van der Waals surface area contributed by atoms with Gasteiger partial charge >= 0.3 is 0 Å². The van der Waals surface area contributed by atoms with Crippen molar-refractivity contribution in [3.8, 4) is 11.1 Å². The highest BCUT2D eigenvalue weighted by Crippen LogP contribution is 2.38. The molecule has 0 fully saturated rings. The van der Waals surface area contributed by atoms with Crippen LogP contribution in [0.5, 0.6) is 0 Å². The van der Waals surface area contributed by atoms with Crippen molar-refractivity contribution in [1.82, 2.24) is 9.97 Å². The van der Waals surface area contributed by atoms with Gasteiger partial charge in [-0.15, -0.1) is 11.3 Å². The monoisotopic (exact) mass is 328 g/mol. The Bertz CT molecular complexity index is 855. The van der Waals surface area contributed by atoms with E-state index >= 15 is 0 Å². The average molecular weight is 328 g/mol. The summed E-state index contributed by atoms with van der Waals surface area (Å²) in [5.74, 6) is 0.591. The van der Waals surface area contributed by atoms with Gasteiger partial charge in [0.15, 0.2) is 0 Å². The molecule has 3 rings (SSSR count). The van der Waals surface area contributed by atoms with Crippen molar-refractivity contribution in [2.75, 3.05) is 5.75 Å². The second-order valence-electron chi connectivity index (χ2n) is 5.30. The number of hydrogen-bond donors (Lipinski definition) is 0. The van der Waals surface area contributed by atoms with E-state index < -0.39 is 0 Å². The van der Waals surface area contributed by atoms with Crippen LogP contribution in [0.25, 0.3) is 21.3 Å². The summed E-state index contributed by atoms with van der Waals surface area (Å²) in [6, 6.07) is 6.47.